The monoisotopic (exact) mass is 312 g/mol. The lowest BCUT2D eigenvalue weighted by Gasteiger charge is -2.33. The highest BCUT2D eigenvalue weighted by Gasteiger charge is 2.27. The fourth-order valence-corrected chi connectivity index (χ4v) is 2.68. The van der Waals surface area contributed by atoms with Gasteiger partial charge in [0, 0.05) is 12.7 Å². The van der Waals surface area contributed by atoms with E-state index in [2.05, 4.69) is 4.98 Å². The summed E-state index contributed by atoms with van der Waals surface area (Å²) in [6, 6.07) is 13.5. The van der Waals surface area contributed by atoms with Crippen LogP contribution in [-0.2, 0) is 4.74 Å². The Kier molecular flexibility index (Phi) is 4.88. The first-order valence-electron chi connectivity index (χ1n) is 7.83. The van der Waals surface area contributed by atoms with E-state index in [9.17, 15) is 4.79 Å². The molecule has 1 atom stereocenters. The van der Waals surface area contributed by atoms with E-state index in [-0.39, 0.29) is 12.0 Å². The van der Waals surface area contributed by atoms with Crippen LogP contribution in [0.1, 0.15) is 28.9 Å². The normalized spacial score (nSPS) is 17.8. The number of nitrogens with zero attached hydrogens (tertiary/aromatic N) is 2. The molecule has 0 spiro atoms. The van der Waals surface area contributed by atoms with Gasteiger partial charge < -0.3 is 14.4 Å². The number of carbonyl (C=O) groups is 1. The summed E-state index contributed by atoms with van der Waals surface area (Å²) in [5.74, 6) is 0.327. The van der Waals surface area contributed by atoms with Gasteiger partial charge in [-0.05, 0) is 24.6 Å². The van der Waals surface area contributed by atoms with Crippen LogP contribution < -0.4 is 4.74 Å². The number of benzene rings is 1. The van der Waals surface area contributed by atoms with E-state index in [0.717, 1.165) is 5.56 Å². The molecule has 1 aromatic heterocycles. The van der Waals surface area contributed by atoms with Crippen molar-refractivity contribution < 1.29 is 14.3 Å². The third-order valence-electron chi connectivity index (χ3n) is 3.81. The number of morpholine rings is 1. The average molecular weight is 312 g/mol. The molecule has 5 nitrogen and oxygen atoms in total. The predicted octanol–water partition coefficient (Wildman–Crippen LogP) is 2.69. The highest BCUT2D eigenvalue weighted by Crippen LogP contribution is 2.24. The predicted molar refractivity (Wildman–Crippen MR) is 86.4 cm³/mol. The van der Waals surface area contributed by atoms with Crippen molar-refractivity contribution in [1.29, 1.82) is 0 Å². The van der Waals surface area contributed by atoms with E-state index in [1.54, 1.807) is 23.2 Å². The summed E-state index contributed by atoms with van der Waals surface area (Å²) < 4.78 is 11.3. The number of rotatable bonds is 4. The Morgan fingerprint density at radius 2 is 2.13 bits per heavy atom. The lowest BCUT2D eigenvalue weighted by molar-refractivity contribution is -0.0229. The third kappa shape index (κ3) is 3.51. The van der Waals surface area contributed by atoms with E-state index in [1.807, 2.05) is 37.3 Å². The van der Waals surface area contributed by atoms with Crippen LogP contribution in [0.5, 0.6) is 5.88 Å². The van der Waals surface area contributed by atoms with E-state index in [1.165, 1.54) is 0 Å². The average Bonchev–Trinajstić information content (AvgIpc) is 2.63. The maximum absolute atomic E-state index is 12.8. The highest BCUT2D eigenvalue weighted by molar-refractivity contribution is 5.96. The van der Waals surface area contributed by atoms with Gasteiger partial charge in [-0.15, -0.1) is 0 Å². The van der Waals surface area contributed by atoms with Gasteiger partial charge in [0.05, 0.1) is 19.8 Å². The van der Waals surface area contributed by atoms with Crippen LogP contribution in [0.3, 0.4) is 0 Å². The number of amides is 1. The van der Waals surface area contributed by atoms with Crippen LogP contribution in [0.15, 0.2) is 48.7 Å². The summed E-state index contributed by atoms with van der Waals surface area (Å²) in [5, 5.41) is 0. The Morgan fingerprint density at radius 1 is 1.30 bits per heavy atom. The molecule has 1 aliphatic heterocycles. The van der Waals surface area contributed by atoms with Crippen LogP contribution in [-0.4, -0.2) is 42.1 Å². The van der Waals surface area contributed by atoms with Crippen molar-refractivity contribution in [2.45, 2.75) is 13.0 Å². The molecule has 1 aromatic carbocycles. The first kappa shape index (κ1) is 15.5. The van der Waals surface area contributed by atoms with Gasteiger partial charge in [-0.1, -0.05) is 30.3 Å². The number of hydrogen-bond donors (Lipinski definition) is 0. The molecule has 0 bridgehead atoms. The fourth-order valence-electron chi connectivity index (χ4n) is 2.68. The van der Waals surface area contributed by atoms with Crippen molar-refractivity contribution in [2.24, 2.45) is 0 Å². The number of aromatic nitrogens is 1. The van der Waals surface area contributed by atoms with Crippen LogP contribution in [0.25, 0.3) is 0 Å². The summed E-state index contributed by atoms with van der Waals surface area (Å²) in [7, 11) is 0. The van der Waals surface area contributed by atoms with Crippen LogP contribution in [0.4, 0.5) is 0 Å². The van der Waals surface area contributed by atoms with Crippen molar-refractivity contribution in [2.75, 3.05) is 26.3 Å². The van der Waals surface area contributed by atoms with Crippen LogP contribution in [0.2, 0.25) is 0 Å². The van der Waals surface area contributed by atoms with Crippen molar-refractivity contribution in [1.82, 2.24) is 9.88 Å². The molecule has 1 aliphatic rings. The smallest absolute Gasteiger partial charge is 0.259 e. The maximum Gasteiger partial charge on any atom is 0.259 e. The minimum absolute atomic E-state index is 0.0641. The molecule has 23 heavy (non-hydrogen) atoms. The van der Waals surface area contributed by atoms with E-state index in [4.69, 9.17) is 9.47 Å². The zero-order valence-corrected chi connectivity index (χ0v) is 13.1. The minimum atomic E-state index is -0.0962. The fraction of sp³-hybridized carbons (Fsp3) is 0.333. The minimum Gasteiger partial charge on any atom is -0.477 e. The van der Waals surface area contributed by atoms with Gasteiger partial charge in [-0.2, -0.15) is 0 Å². The molecule has 0 N–H and O–H groups in total. The summed E-state index contributed by atoms with van der Waals surface area (Å²) in [6.45, 7) is 3.98. The van der Waals surface area contributed by atoms with Crippen LogP contribution >= 0.6 is 0 Å². The molecule has 120 valence electrons. The first-order valence-corrected chi connectivity index (χ1v) is 7.83. The third-order valence-corrected chi connectivity index (χ3v) is 3.81. The summed E-state index contributed by atoms with van der Waals surface area (Å²) in [4.78, 5) is 18.8. The molecule has 2 aromatic rings. The molecule has 5 heteroatoms. The second-order valence-electron chi connectivity index (χ2n) is 5.31. The molecule has 1 saturated heterocycles. The Morgan fingerprint density at radius 3 is 2.91 bits per heavy atom. The molecular weight excluding hydrogens is 292 g/mol. The number of carbonyl (C=O) groups excluding carboxylic acids is 1. The largest absolute Gasteiger partial charge is 0.477 e. The standard InChI is InChI=1S/C18H20N2O3/c1-2-22-17-15(9-6-10-19-17)18(21)20-11-12-23-16(13-20)14-7-4-3-5-8-14/h3-10,16H,2,11-13H2,1H3. The molecule has 1 fully saturated rings. The van der Waals surface area contributed by atoms with Gasteiger partial charge >= 0.3 is 0 Å². The molecule has 0 aliphatic carbocycles. The molecule has 2 heterocycles. The van der Waals surface area contributed by atoms with E-state index in [0.29, 0.717) is 37.7 Å². The van der Waals surface area contributed by atoms with Crippen molar-refractivity contribution in [3.05, 3.63) is 59.8 Å². The Balaban J connectivity index is 1.77. The van der Waals surface area contributed by atoms with Gasteiger partial charge in [0.25, 0.3) is 5.91 Å². The summed E-state index contributed by atoms with van der Waals surface area (Å²) in [5.41, 5.74) is 1.59. The van der Waals surface area contributed by atoms with Gasteiger partial charge in [0.1, 0.15) is 11.7 Å². The van der Waals surface area contributed by atoms with Gasteiger partial charge in [-0.25, -0.2) is 4.98 Å². The molecule has 1 unspecified atom stereocenters. The molecular formula is C18H20N2O3. The van der Waals surface area contributed by atoms with Crippen molar-refractivity contribution in [3.8, 4) is 5.88 Å². The van der Waals surface area contributed by atoms with Crippen LogP contribution in [0, 0.1) is 0 Å². The first-order chi connectivity index (χ1) is 11.3. The van der Waals surface area contributed by atoms with Gasteiger partial charge in [-0.3, -0.25) is 4.79 Å². The number of hydrogen-bond acceptors (Lipinski definition) is 4. The van der Waals surface area contributed by atoms with E-state index < -0.39 is 0 Å². The number of pyridine rings is 1. The quantitative estimate of drug-likeness (QED) is 0.871. The van der Waals surface area contributed by atoms with E-state index >= 15 is 0 Å². The highest BCUT2D eigenvalue weighted by atomic mass is 16.5. The molecule has 0 saturated carbocycles. The second-order valence-corrected chi connectivity index (χ2v) is 5.31. The van der Waals surface area contributed by atoms with Crippen molar-refractivity contribution in [3.63, 3.8) is 0 Å². The maximum atomic E-state index is 12.8. The Bertz CT molecular complexity index is 660. The Hall–Kier alpha value is -2.40. The SMILES string of the molecule is CCOc1ncccc1C(=O)N1CCOC(c2ccccc2)C1. The second kappa shape index (κ2) is 7.24. The topological polar surface area (TPSA) is 51.7 Å². The Labute approximate surface area is 135 Å². The molecule has 1 amide bonds. The summed E-state index contributed by atoms with van der Waals surface area (Å²) >= 11 is 0. The lowest BCUT2D eigenvalue weighted by atomic mass is 10.1. The summed E-state index contributed by atoms with van der Waals surface area (Å²) in [6.07, 6.45) is 1.54. The molecule has 3 rings (SSSR count). The van der Waals surface area contributed by atoms with Crippen molar-refractivity contribution >= 4 is 5.91 Å². The number of ether oxygens (including phenoxy) is 2. The van der Waals surface area contributed by atoms with Gasteiger partial charge in [0.2, 0.25) is 5.88 Å². The molecule has 0 radical (unpaired) electrons. The van der Waals surface area contributed by atoms with Gasteiger partial charge in [0.15, 0.2) is 0 Å². The lowest BCUT2D eigenvalue weighted by Crippen LogP contribution is -2.42. The zero-order chi connectivity index (χ0) is 16.1. The zero-order valence-electron chi connectivity index (χ0n) is 13.1.